The zero-order valence-corrected chi connectivity index (χ0v) is 25.8. The highest BCUT2D eigenvalue weighted by Crippen LogP contribution is 2.65. The minimum atomic E-state index is -1.07. The quantitative estimate of drug-likeness (QED) is 0.249. The number of benzene rings is 1. The summed E-state index contributed by atoms with van der Waals surface area (Å²) in [5, 5.41) is 9.20. The largest absolute Gasteiger partial charge is 0.396 e. The molecule has 8 heteroatoms. The van der Waals surface area contributed by atoms with E-state index in [1.54, 1.807) is 26.9 Å². The monoisotopic (exact) mass is 579 g/mol. The molecule has 3 heterocycles. The maximum Gasteiger partial charge on any atom is 0.248 e. The number of unbranched alkanes of at least 4 members (excludes halogenated alkanes) is 3. The number of nitrogens with zero attached hydrogens (tertiary/aromatic N) is 3. The fourth-order valence-electron chi connectivity index (χ4n) is 7.62. The molecule has 1 aromatic carbocycles. The van der Waals surface area contributed by atoms with Crippen molar-refractivity contribution in [2.24, 2.45) is 17.8 Å². The Balaban J connectivity index is 1.74. The summed E-state index contributed by atoms with van der Waals surface area (Å²) in [7, 11) is 0. The average Bonchev–Trinajstić information content (AvgIpc) is 3.47. The summed E-state index contributed by atoms with van der Waals surface area (Å²) in [6.07, 6.45) is 7.08. The molecule has 42 heavy (non-hydrogen) atoms. The molecule has 6 atom stereocenters. The van der Waals surface area contributed by atoms with Gasteiger partial charge in [-0.25, -0.2) is 0 Å². The van der Waals surface area contributed by atoms with Crippen molar-refractivity contribution in [1.82, 2.24) is 14.7 Å². The molecule has 0 aromatic heterocycles. The molecule has 3 aliphatic heterocycles. The molecule has 3 fully saturated rings. The molecule has 230 valence electrons. The molecule has 1 N–H and O–H groups in total. The zero-order valence-electron chi connectivity index (χ0n) is 25.8. The van der Waals surface area contributed by atoms with Gasteiger partial charge in [0.2, 0.25) is 17.7 Å². The Hall–Kier alpha value is -2.97. The normalized spacial score (nSPS) is 29.6. The van der Waals surface area contributed by atoms with Crippen LogP contribution in [-0.2, 0) is 25.7 Å². The van der Waals surface area contributed by atoms with Crippen LogP contribution in [-0.4, -0.2) is 87.1 Å². The first-order chi connectivity index (χ1) is 20.1. The van der Waals surface area contributed by atoms with Gasteiger partial charge in [0.05, 0.1) is 17.4 Å². The maximum absolute atomic E-state index is 14.5. The van der Waals surface area contributed by atoms with E-state index in [1.807, 2.05) is 51.1 Å². The Morgan fingerprint density at radius 2 is 1.76 bits per heavy atom. The molecular formula is C34H49N3O5. The number of likely N-dealkylation sites (tertiary alicyclic amines) is 1. The molecule has 0 saturated carbocycles. The lowest BCUT2D eigenvalue weighted by Gasteiger charge is -2.39. The summed E-state index contributed by atoms with van der Waals surface area (Å²) < 4.78 is 6.94. The Labute approximate surface area is 251 Å². The molecule has 3 unspecified atom stereocenters. The number of amides is 3. The fourth-order valence-corrected chi connectivity index (χ4v) is 7.62. The minimum Gasteiger partial charge on any atom is -0.396 e. The third-order valence-electron chi connectivity index (χ3n) is 9.73. The van der Waals surface area contributed by atoms with Crippen LogP contribution >= 0.6 is 0 Å². The van der Waals surface area contributed by atoms with Crippen molar-refractivity contribution >= 4 is 17.7 Å². The van der Waals surface area contributed by atoms with E-state index < -0.39 is 29.1 Å². The lowest BCUT2D eigenvalue weighted by molar-refractivity contribution is -0.155. The van der Waals surface area contributed by atoms with Crippen molar-refractivity contribution in [3.63, 3.8) is 0 Å². The highest BCUT2D eigenvalue weighted by molar-refractivity contribution is 5.99. The van der Waals surface area contributed by atoms with Crippen LogP contribution in [0.3, 0.4) is 0 Å². The second-order valence-corrected chi connectivity index (χ2v) is 12.7. The predicted octanol–water partition coefficient (Wildman–Crippen LogP) is 4.19. The van der Waals surface area contributed by atoms with Gasteiger partial charge in [0.15, 0.2) is 0 Å². The number of ether oxygens (including phenoxy) is 1. The van der Waals surface area contributed by atoms with Gasteiger partial charge in [-0.05, 0) is 51.5 Å². The van der Waals surface area contributed by atoms with Gasteiger partial charge < -0.3 is 24.5 Å². The van der Waals surface area contributed by atoms with E-state index in [4.69, 9.17) is 4.74 Å². The summed E-state index contributed by atoms with van der Waals surface area (Å²) in [6, 6.07) is 8.91. The topological polar surface area (TPSA) is 90.4 Å². The molecule has 3 amide bonds. The third-order valence-corrected chi connectivity index (χ3v) is 9.73. The highest BCUT2D eigenvalue weighted by atomic mass is 16.5. The summed E-state index contributed by atoms with van der Waals surface area (Å²) in [6.45, 7) is 17.4. The number of fused-ring (bicyclic) bond motifs is 1. The van der Waals surface area contributed by atoms with Crippen molar-refractivity contribution in [2.45, 2.75) is 89.6 Å². The van der Waals surface area contributed by atoms with Gasteiger partial charge in [0, 0.05) is 38.8 Å². The molecule has 1 spiro atoms. The smallest absolute Gasteiger partial charge is 0.248 e. The Morgan fingerprint density at radius 1 is 1.10 bits per heavy atom. The Bertz CT molecular complexity index is 1160. The molecule has 2 bridgehead atoms. The number of carbonyl (C=O) groups is 3. The van der Waals surface area contributed by atoms with Crippen LogP contribution in [0.4, 0.5) is 0 Å². The van der Waals surface area contributed by atoms with E-state index >= 15 is 0 Å². The number of aliphatic hydroxyl groups excluding tert-OH is 1. The van der Waals surface area contributed by atoms with Gasteiger partial charge in [-0.1, -0.05) is 62.2 Å². The number of carbonyl (C=O) groups excluding carboxylic acids is 3. The summed E-state index contributed by atoms with van der Waals surface area (Å²) in [4.78, 5) is 48.7. The molecule has 4 rings (SSSR count). The molecule has 0 aliphatic carbocycles. The summed E-state index contributed by atoms with van der Waals surface area (Å²) in [5.41, 5.74) is -0.952. The average molecular weight is 580 g/mol. The molecule has 3 aliphatic rings. The molecule has 1 aromatic rings. The van der Waals surface area contributed by atoms with Crippen LogP contribution < -0.4 is 0 Å². The first-order valence-corrected chi connectivity index (χ1v) is 15.5. The minimum absolute atomic E-state index is 0.0236. The van der Waals surface area contributed by atoms with Gasteiger partial charge in [0.1, 0.15) is 11.6 Å². The maximum atomic E-state index is 14.5. The van der Waals surface area contributed by atoms with Crippen LogP contribution in [0.25, 0.3) is 0 Å². The van der Waals surface area contributed by atoms with E-state index in [2.05, 4.69) is 20.1 Å². The Morgan fingerprint density at radius 3 is 2.38 bits per heavy atom. The van der Waals surface area contributed by atoms with Gasteiger partial charge in [-0.3, -0.25) is 14.4 Å². The fraction of sp³-hybridized carbons (Fsp3) is 0.618. The summed E-state index contributed by atoms with van der Waals surface area (Å²) >= 11 is 0. The zero-order chi connectivity index (χ0) is 30.7. The SMILES string of the molecule is C=CCN(Cc1ccccc1)C(=O)[C@H]1[C@H]2C(=O)N(CCCCCCO)C(C(=O)N(CC=C)C(C)C)C23CC(C)[C@]1(C)O3. The number of hydrogen-bond acceptors (Lipinski definition) is 5. The van der Waals surface area contributed by atoms with E-state index in [0.717, 1.165) is 18.4 Å². The molecule has 3 saturated heterocycles. The van der Waals surface area contributed by atoms with Crippen LogP contribution in [0, 0.1) is 17.8 Å². The second kappa shape index (κ2) is 13.1. The van der Waals surface area contributed by atoms with Crippen LogP contribution in [0.2, 0.25) is 0 Å². The predicted molar refractivity (Wildman–Crippen MR) is 163 cm³/mol. The Kier molecular flexibility index (Phi) is 9.99. The van der Waals surface area contributed by atoms with Gasteiger partial charge in [0.25, 0.3) is 0 Å². The molecular weight excluding hydrogens is 530 g/mol. The third kappa shape index (κ3) is 5.55. The van der Waals surface area contributed by atoms with Crippen LogP contribution in [0.5, 0.6) is 0 Å². The number of aliphatic hydroxyl groups is 1. The first kappa shape index (κ1) is 32.0. The first-order valence-electron chi connectivity index (χ1n) is 15.5. The molecule has 0 radical (unpaired) electrons. The second-order valence-electron chi connectivity index (χ2n) is 12.7. The number of rotatable bonds is 15. The summed E-state index contributed by atoms with van der Waals surface area (Å²) in [5.74, 6) is -1.91. The van der Waals surface area contributed by atoms with Crippen molar-refractivity contribution < 1.29 is 24.2 Å². The van der Waals surface area contributed by atoms with E-state index in [0.29, 0.717) is 45.4 Å². The standard InChI is InChI=1S/C34H49N3O5/c1-7-18-35(23-26-16-12-11-13-17-26)30(39)27-28-31(40)37(20-14-9-10-15-21-38)29(32(41)36(19-8-2)24(3)4)34(28)22-25(5)33(27,6)42-34/h7-8,11-13,16-17,24-25,27-29,38H,1-2,9-10,14-15,18-23H2,3-6H3/t25?,27-,28+,29?,33+,34?/m1/s1. The van der Waals surface area contributed by atoms with Gasteiger partial charge >= 0.3 is 0 Å². The van der Waals surface area contributed by atoms with Crippen molar-refractivity contribution in [2.75, 3.05) is 26.2 Å². The van der Waals surface area contributed by atoms with Crippen LogP contribution in [0.1, 0.15) is 65.4 Å². The van der Waals surface area contributed by atoms with Gasteiger partial charge in [-0.2, -0.15) is 0 Å². The van der Waals surface area contributed by atoms with E-state index in [9.17, 15) is 19.5 Å². The number of hydrogen-bond donors (Lipinski definition) is 1. The van der Waals surface area contributed by atoms with Gasteiger partial charge in [-0.15, -0.1) is 13.2 Å². The lowest BCUT2D eigenvalue weighted by atomic mass is 9.62. The van der Waals surface area contributed by atoms with Crippen molar-refractivity contribution in [1.29, 1.82) is 0 Å². The van der Waals surface area contributed by atoms with Crippen molar-refractivity contribution in [3.8, 4) is 0 Å². The van der Waals surface area contributed by atoms with Crippen molar-refractivity contribution in [3.05, 3.63) is 61.2 Å². The van der Waals surface area contributed by atoms with E-state index in [-0.39, 0.29) is 36.3 Å². The highest BCUT2D eigenvalue weighted by Gasteiger charge is 2.80. The van der Waals surface area contributed by atoms with E-state index in [1.165, 1.54) is 0 Å². The van der Waals surface area contributed by atoms with Crippen LogP contribution in [0.15, 0.2) is 55.6 Å². The molecule has 8 nitrogen and oxygen atoms in total. The lowest BCUT2D eigenvalue weighted by Crippen LogP contribution is -2.58.